The average Bonchev–Trinajstić information content (AvgIpc) is 3.45. The summed E-state index contributed by atoms with van der Waals surface area (Å²) in [5.74, 6) is -0.0690. The molecule has 10 nitrogen and oxygen atoms in total. The smallest absolute Gasteiger partial charge is 0.250 e. The standard InChI is InChI=1S/C33H44N6O4.2ClH/c1-4-11-24-16-18-38(19-17-24)31(41)29(26-14-9-6-10-15-26)39-20-28(35-23-39)37-30(40)27(36-32(42)33(2,3)34)22-43-21-25-12-7-5-8-13-25;;/h5-10,12-15,20,23-24,27,29H,4,11,16-19,21-22,34H2,1-3H3,(H,36,42)(H,37,40);2*1H/t27-,29?;;/m1../s1. The maximum Gasteiger partial charge on any atom is 0.250 e. The zero-order valence-electron chi connectivity index (χ0n) is 26.2. The van der Waals surface area contributed by atoms with Crippen LogP contribution in [0.1, 0.15) is 63.6 Å². The molecule has 1 aliphatic rings. The fourth-order valence-electron chi connectivity index (χ4n) is 5.25. The maximum absolute atomic E-state index is 13.9. The molecule has 4 rings (SSSR count). The fraction of sp³-hybridized carbons (Fsp3) is 0.455. The molecule has 0 radical (unpaired) electrons. The van der Waals surface area contributed by atoms with Crippen molar-refractivity contribution in [2.45, 2.75) is 70.7 Å². The number of imidazole rings is 1. The number of nitrogens with one attached hydrogen (secondary N) is 2. The molecule has 1 aromatic heterocycles. The number of halogens is 2. The summed E-state index contributed by atoms with van der Waals surface area (Å²) in [5.41, 5.74) is 6.56. The minimum Gasteiger partial charge on any atom is -0.374 e. The number of carbonyl (C=O) groups is 3. The van der Waals surface area contributed by atoms with E-state index in [0.717, 1.165) is 43.5 Å². The number of ether oxygens (including phenoxy) is 1. The van der Waals surface area contributed by atoms with Crippen molar-refractivity contribution in [3.8, 4) is 0 Å². The van der Waals surface area contributed by atoms with Crippen molar-refractivity contribution >= 4 is 48.4 Å². The van der Waals surface area contributed by atoms with E-state index in [-0.39, 0.29) is 49.8 Å². The van der Waals surface area contributed by atoms with Crippen molar-refractivity contribution in [3.63, 3.8) is 0 Å². The molecule has 45 heavy (non-hydrogen) atoms. The van der Waals surface area contributed by atoms with Crippen LogP contribution in [0, 0.1) is 5.92 Å². The molecule has 1 aliphatic heterocycles. The molecule has 2 atom stereocenters. The SMILES string of the molecule is CCCC1CCN(C(=O)C(c2ccccc2)n2cnc(NC(=O)[C@@H](COCc3ccccc3)NC(=O)C(C)(C)N)c2)CC1.Cl.Cl. The van der Waals surface area contributed by atoms with Crippen LogP contribution < -0.4 is 16.4 Å². The molecule has 2 heterocycles. The minimum atomic E-state index is -1.19. The maximum atomic E-state index is 13.9. The number of aromatic nitrogens is 2. The second-order valence-electron chi connectivity index (χ2n) is 11.8. The Balaban J connectivity index is 0.00000353. The van der Waals surface area contributed by atoms with Crippen molar-refractivity contribution in [3.05, 3.63) is 84.3 Å². The van der Waals surface area contributed by atoms with E-state index >= 15 is 0 Å². The van der Waals surface area contributed by atoms with Crippen LogP contribution in [0.3, 0.4) is 0 Å². The van der Waals surface area contributed by atoms with Gasteiger partial charge in [0.25, 0.3) is 5.91 Å². The number of piperidine rings is 1. The highest BCUT2D eigenvalue weighted by atomic mass is 35.5. The van der Waals surface area contributed by atoms with Gasteiger partial charge in [-0.1, -0.05) is 80.4 Å². The summed E-state index contributed by atoms with van der Waals surface area (Å²) in [6.07, 6.45) is 7.56. The molecule has 2 aromatic carbocycles. The number of carbonyl (C=O) groups excluding carboxylic acids is 3. The number of hydrogen-bond acceptors (Lipinski definition) is 6. The summed E-state index contributed by atoms with van der Waals surface area (Å²) in [6, 6.07) is 17.5. The summed E-state index contributed by atoms with van der Waals surface area (Å²) in [6.45, 7) is 7.00. The van der Waals surface area contributed by atoms with Gasteiger partial charge in [-0.15, -0.1) is 24.8 Å². The highest BCUT2D eigenvalue weighted by Gasteiger charge is 2.32. The summed E-state index contributed by atoms with van der Waals surface area (Å²) in [4.78, 5) is 46.2. The Kier molecular flexibility index (Phi) is 15.0. The predicted molar refractivity (Wildman–Crippen MR) is 180 cm³/mol. The van der Waals surface area contributed by atoms with Crippen LogP contribution in [0.15, 0.2) is 73.2 Å². The van der Waals surface area contributed by atoms with Crippen molar-refractivity contribution in [2.75, 3.05) is 25.0 Å². The second-order valence-corrected chi connectivity index (χ2v) is 11.8. The van der Waals surface area contributed by atoms with Crippen LogP contribution in [0.4, 0.5) is 5.82 Å². The number of nitrogens with zero attached hydrogens (tertiary/aromatic N) is 3. The molecule has 0 aliphatic carbocycles. The predicted octanol–water partition coefficient (Wildman–Crippen LogP) is 4.73. The van der Waals surface area contributed by atoms with Gasteiger partial charge in [0.05, 0.1) is 25.1 Å². The summed E-state index contributed by atoms with van der Waals surface area (Å²) in [7, 11) is 0. The lowest BCUT2D eigenvalue weighted by Gasteiger charge is -2.34. The summed E-state index contributed by atoms with van der Waals surface area (Å²) in [5, 5.41) is 5.48. The van der Waals surface area contributed by atoms with Gasteiger partial charge in [-0.25, -0.2) is 4.98 Å². The second kappa shape index (κ2) is 17.9. The molecule has 1 unspecified atom stereocenters. The van der Waals surface area contributed by atoms with E-state index in [1.54, 1.807) is 30.9 Å². The molecule has 0 spiro atoms. The van der Waals surface area contributed by atoms with Crippen molar-refractivity contribution in [1.29, 1.82) is 0 Å². The Morgan fingerprint density at radius 2 is 1.64 bits per heavy atom. The zero-order chi connectivity index (χ0) is 30.8. The number of amides is 3. The monoisotopic (exact) mass is 660 g/mol. The lowest BCUT2D eigenvalue weighted by molar-refractivity contribution is -0.135. The Labute approximate surface area is 278 Å². The van der Waals surface area contributed by atoms with Crippen molar-refractivity contribution < 1.29 is 19.1 Å². The molecule has 0 bridgehead atoms. The third kappa shape index (κ3) is 10.8. The van der Waals surface area contributed by atoms with Crippen LogP contribution >= 0.6 is 24.8 Å². The topological polar surface area (TPSA) is 132 Å². The molecular formula is C33H46Cl2N6O4. The number of likely N-dealkylation sites (tertiary alicyclic amines) is 1. The van der Waals surface area contributed by atoms with Crippen molar-refractivity contribution in [2.24, 2.45) is 11.7 Å². The van der Waals surface area contributed by atoms with Gasteiger partial charge in [-0.05, 0) is 43.7 Å². The molecule has 12 heteroatoms. The van der Waals surface area contributed by atoms with Crippen LogP contribution in [0.25, 0.3) is 0 Å². The molecule has 246 valence electrons. The fourth-order valence-corrected chi connectivity index (χ4v) is 5.25. The zero-order valence-corrected chi connectivity index (χ0v) is 27.8. The van der Waals surface area contributed by atoms with E-state index in [4.69, 9.17) is 10.5 Å². The van der Waals surface area contributed by atoms with Gasteiger partial charge in [-0.3, -0.25) is 14.4 Å². The van der Waals surface area contributed by atoms with E-state index < -0.39 is 29.4 Å². The normalized spacial score (nSPS) is 14.8. The molecule has 3 aromatic rings. The number of anilines is 1. The van der Waals surface area contributed by atoms with Gasteiger partial charge >= 0.3 is 0 Å². The third-order valence-electron chi connectivity index (χ3n) is 7.73. The first-order valence-corrected chi connectivity index (χ1v) is 15.0. The van der Waals surface area contributed by atoms with Gasteiger partial charge < -0.3 is 30.6 Å². The first-order valence-electron chi connectivity index (χ1n) is 15.0. The van der Waals surface area contributed by atoms with Crippen LogP contribution in [0.5, 0.6) is 0 Å². The summed E-state index contributed by atoms with van der Waals surface area (Å²) < 4.78 is 7.51. The Bertz CT molecular complexity index is 1340. The van der Waals surface area contributed by atoms with Crippen molar-refractivity contribution in [1.82, 2.24) is 19.8 Å². The first-order chi connectivity index (χ1) is 20.7. The van der Waals surface area contributed by atoms with Gasteiger partial charge in [0.1, 0.15) is 12.1 Å². The van der Waals surface area contributed by atoms with E-state index in [1.165, 1.54) is 6.42 Å². The lowest BCUT2D eigenvalue weighted by atomic mass is 9.92. The van der Waals surface area contributed by atoms with E-state index in [1.807, 2.05) is 65.6 Å². The molecule has 4 N–H and O–H groups in total. The van der Waals surface area contributed by atoms with E-state index in [2.05, 4.69) is 22.5 Å². The van der Waals surface area contributed by atoms with Gasteiger partial charge in [0.2, 0.25) is 11.8 Å². The third-order valence-corrected chi connectivity index (χ3v) is 7.73. The largest absolute Gasteiger partial charge is 0.374 e. The Hall–Kier alpha value is -3.44. The number of benzene rings is 2. The van der Waals surface area contributed by atoms with Gasteiger partial charge in [-0.2, -0.15) is 0 Å². The highest BCUT2D eigenvalue weighted by Crippen LogP contribution is 2.27. The van der Waals surface area contributed by atoms with Crippen LogP contribution in [0.2, 0.25) is 0 Å². The quantitative estimate of drug-likeness (QED) is 0.243. The van der Waals surface area contributed by atoms with Crippen LogP contribution in [-0.2, 0) is 25.7 Å². The summed E-state index contributed by atoms with van der Waals surface area (Å²) >= 11 is 0. The molecule has 0 saturated carbocycles. The molecule has 1 fully saturated rings. The van der Waals surface area contributed by atoms with Gasteiger partial charge in [0.15, 0.2) is 5.82 Å². The molecular weight excluding hydrogens is 615 g/mol. The Morgan fingerprint density at radius 1 is 1.02 bits per heavy atom. The number of rotatable bonds is 13. The van der Waals surface area contributed by atoms with E-state index in [9.17, 15) is 14.4 Å². The first kappa shape index (κ1) is 37.7. The molecule has 3 amide bonds. The Morgan fingerprint density at radius 3 is 2.24 bits per heavy atom. The minimum absolute atomic E-state index is 0. The number of hydrogen-bond donors (Lipinski definition) is 3. The van der Waals surface area contributed by atoms with E-state index in [0.29, 0.717) is 5.92 Å². The highest BCUT2D eigenvalue weighted by molar-refractivity contribution is 5.98. The molecule has 1 saturated heterocycles. The van der Waals surface area contributed by atoms with Crippen LogP contribution in [-0.4, -0.2) is 63.4 Å². The number of nitrogens with two attached hydrogens (primary N) is 1. The van der Waals surface area contributed by atoms with Gasteiger partial charge in [0, 0.05) is 19.3 Å². The lowest BCUT2D eigenvalue weighted by Crippen LogP contribution is -2.56. The average molecular weight is 662 g/mol.